The summed E-state index contributed by atoms with van der Waals surface area (Å²) in [7, 11) is 0. The molecular formula is C13H9N3O4. The van der Waals surface area contributed by atoms with Crippen LogP contribution < -0.4 is 0 Å². The molecule has 7 nitrogen and oxygen atoms in total. The summed E-state index contributed by atoms with van der Waals surface area (Å²) in [5.41, 5.74) is -0.321. The molecule has 2 rings (SSSR count). The number of hydrogen-bond donors (Lipinski definition) is 1. The van der Waals surface area contributed by atoms with Crippen LogP contribution in [0.15, 0.2) is 48.5 Å². The Morgan fingerprint density at radius 1 is 0.950 bits per heavy atom. The zero-order valence-electron chi connectivity index (χ0n) is 10.1. The van der Waals surface area contributed by atoms with Gasteiger partial charge in [-0.2, -0.15) is 0 Å². The van der Waals surface area contributed by atoms with E-state index in [2.05, 4.69) is 0 Å². The highest BCUT2D eigenvalue weighted by Gasteiger charge is 2.22. The van der Waals surface area contributed by atoms with E-state index in [-0.39, 0.29) is 17.0 Å². The maximum Gasteiger partial charge on any atom is 0.285 e. The summed E-state index contributed by atoms with van der Waals surface area (Å²) in [6.07, 6.45) is 0. The van der Waals surface area contributed by atoms with E-state index >= 15 is 0 Å². The molecule has 7 heteroatoms. The fraction of sp³-hybridized carbons (Fsp3) is 0. The van der Waals surface area contributed by atoms with Crippen molar-refractivity contribution in [2.75, 3.05) is 0 Å². The molecule has 0 saturated carbocycles. The summed E-state index contributed by atoms with van der Waals surface area (Å²) in [4.78, 5) is 20.2. The fourth-order valence-corrected chi connectivity index (χ4v) is 1.76. The van der Waals surface area contributed by atoms with Gasteiger partial charge < -0.3 is 0 Å². The largest absolute Gasteiger partial charge is 0.299 e. The van der Waals surface area contributed by atoms with E-state index in [0.29, 0.717) is 5.56 Å². The van der Waals surface area contributed by atoms with Crippen molar-refractivity contribution in [2.24, 2.45) is 0 Å². The van der Waals surface area contributed by atoms with Crippen molar-refractivity contribution in [1.82, 2.24) is 0 Å². The lowest BCUT2D eigenvalue weighted by Gasteiger charge is -2.05. The van der Waals surface area contributed by atoms with Crippen LogP contribution in [0.3, 0.4) is 0 Å². The first-order valence-electron chi connectivity index (χ1n) is 5.58. The van der Waals surface area contributed by atoms with Gasteiger partial charge in [0.05, 0.1) is 27.2 Å². The standard InChI is InChI=1S/C13H9N3O4/c14-13(9-4-2-1-3-5-9)11-7-6-10(15(17)18)8-12(11)16(19)20/h1-8,14H. The van der Waals surface area contributed by atoms with Gasteiger partial charge in [-0.3, -0.25) is 25.6 Å². The predicted octanol–water partition coefficient (Wildman–Crippen LogP) is 2.92. The van der Waals surface area contributed by atoms with Crippen LogP contribution in [0.5, 0.6) is 0 Å². The first-order valence-corrected chi connectivity index (χ1v) is 5.58. The summed E-state index contributed by atoms with van der Waals surface area (Å²) >= 11 is 0. The highest BCUT2D eigenvalue weighted by Crippen LogP contribution is 2.26. The first-order chi connectivity index (χ1) is 9.50. The zero-order chi connectivity index (χ0) is 14.7. The van der Waals surface area contributed by atoms with Crippen LogP contribution in [0, 0.1) is 25.6 Å². The molecule has 1 N–H and O–H groups in total. The van der Waals surface area contributed by atoms with Gasteiger partial charge >= 0.3 is 0 Å². The minimum Gasteiger partial charge on any atom is -0.299 e. The van der Waals surface area contributed by atoms with Gasteiger partial charge in [-0.25, -0.2) is 0 Å². The number of rotatable bonds is 4. The number of hydrogen-bond acceptors (Lipinski definition) is 5. The molecule has 0 bridgehead atoms. The number of nitro groups is 2. The minimum atomic E-state index is -0.722. The van der Waals surface area contributed by atoms with Crippen molar-refractivity contribution < 1.29 is 9.85 Å². The number of nitrogens with zero attached hydrogens (tertiary/aromatic N) is 2. The van der Waals surface area contributed by atoms with Crippen molar-refractivity contribution in [2.45, 2.75) is 0 Å². The molecule has 0 amide bonds. The molecule has 0 aromatic heterocycles. The lowest BCUT2D eigenvalue weighted by Crippen LogP contribution is -2.06. The summed E-state index contributed by atoms with van der Waals surface area (Å²) in [5, 5.41) is 29.7. The van der Waals surface area contributed by atoms with E-state index in [4.69, 9.17) is 5.41 Å². The molecular weight excluding hydrogens is 262 g/mol. The van der Waals surface area contributed by atoms with Crippen LogP contribution in [-0.4, -0.2) is 15.6 Å². The van der Waals surface area contributed by atoms with Gasteiger partial charge in [-0.15, -0.1) is 0 Å². The maximum absolute atomic E-state index is 11.0. The lowest BCUT2D eigenvalue weighted by molar-refractivity contribution is -0.394. The Morgan fingerprint density at radius 3 is 2.15 bits per heavy atom. The number of nitro benzene ring substituents is 2. The molecule has 20 heavy (non-hydrogen) atoms. The Labute approximate surface area is 113 Å². The van der Waals surface area contributed by atoms with Gasteiger partial charge in [0.25, 0.3) is 11.4 Å². The summed E-state index contributed by atoms with van der Waals surface area (Å²) in [6, 6.07) is 11.7. The van der Waals surface area contributed by atoms with E-state index in [0.717, 1.165) is 12.1 Å². The van der Waals surface area contributed by atoms with E-state index < -0.39 is 15.5 Å². The molecule has 0 atom stereocenters. The topological polar surface area (TPSA) is 110 Å². The Morgan fingerprint density at radius 2 is 1.60 bits per heavy atom. The van der Waals surface area contributed by atoms with E-state index in [1.54, 1.807) is 30.3 Å². The van der Waals surface area contributed by atoms with Crippen molar-refractivity contribution in [3.05, 3.63) is 79.9 Å². The van der Waals surface area contributed by atoms with Crippen LogP contribution in [0.1, 0.15) is 11.1 Å². The first kappa shape index (κ1) is 13.3. The van der Waals surface area contributed by atoms with Gasteiger partial charge in [0, 0.05) is 11.6 Å². The van der Waals surface area contributed by atoms with Crippen LogP contribution >= 0.6 is 0 Å². The molecule has 0 unspecified atom stereocenters. The molecule has 0 aliphatic rings. The third-order valence-corrected chi connectivity index (χ3v) is 2.72. The van der Waals surface area contributed by atoms with Crippen molar-refractivity contribution in [3.63, 3.8) is 0 Å². The molecule has 0 spiro atoms. The highest BCUT2D eigenvalue weighted by molar-refractivity contribution is 6.13. The molecule has 0 aliphatic carbocycles. The number of nitrogens with one attached hydrogen (secondary N) is 1. The second-order valence-electron chi connectivity index (χ2n) is 3.96. The average Bonchev–Trinajstić information content (AvgIpc) is 2.46. The number of non-ortho nitro benzene ring substituents is 1. The highest BCUT2D eigenvalue weighted by atomic mass is 16.6. The second kappa shape index (κ2) is 5.27. The SMILES string of the molecule is N=C(c1ccccc1)c1ccc([N+](=O)[O-])cc1[N+](=O)[O-]. The molecule has 100 valence electrons. The van der Waals surface area contributed by atoms with Crippen LogP contribution in [0.2, 0.25) is 0 Å². The number of benzene rings is 2. The van der Waals surface area contributed by atoms with E-state index in [1.807, 2.05) is 0 Å². The van der Waals surface area contributed by atoms with Gasteiger partial charge in [-0.05, 0) is 6.07 Å². The zero-order valence-corrected chi connectivity index (χ0v) is 10.1. The Hall–Kier alpha value is -3.09. The third kappa shape index (κ3) is 2.51. The molecule has 0 heterocycles. The van der Waals surface area contributed by atoms with Gasteiger partial charge in [0.2, 0.25) is 0 Å². The minimum absolute atomic E-state index is 0.0480. The van der Waals surface area contributed by atoms with Crippen LogP contribution in [0.25, 0.3) is 0 Å². The smallest absolute Gasteiger partial charge is 0.285 e. The second-order valence-corrected chi connectivity index (χ2v) is 3.96. The maximum atomic E-state index is 11.0. The summed E-state index contributed by atoms with van der Waals surface area (Å²) in [5.74, 6) is 0. The molecule has 0 radical (unpaired) electrons. The van der Waals surface area contributed by atoms with Crippen LogP contribution in [-0.2, 0) is 0 Å². The van der Waals surface area contributed by atoms with Gasteiger partial charge in [0.15, 0.2) is 0 Å². The molecule has 2 aromatic carbocycles. The van der Waals surface area contributed by atoms with Crippen molar-refractivity contribution >= 4 is 17.1 Å². The summed E-state index contributed by atoms with van der Waals surface area (Å²) in [6.45, 7) is 0. The Bertz CT molecular complexity index is 698. The van der Waals surface area contributed by atoms with Gasteiger partial charge in [0.1, 0.15) is 0 Å². The van der Waals surface area contributed by atoms with Crippen molar-refractivity contribution in [3.8, 4) is 0 Å². The molecule has 2 aromatic rings. The summed E-state index contributed by atoms with van der Waals surface area (Å²) < 4.78 is 0. The third-order valence-electron chi connectivity index (χ3n) is 2.72. The van der Waals surface area contributed by atoms with Crippen molar-refractivity contribution in [1.29, 1.82) is 5.41 Å². The lowest BCUT2D eigenvalue weighted by atomic mass is 10.0. The van der Waals surface area contributed by atoms with E-state index in [1.165, 1.54) is 6.07 Å². The Balaban J connectivity index is 2.54. The fourth-order valence-electron chi connectivity index (χ4n) is 1.76. The quantitative estimate of drug-likeness (QED) is 0.523. The van der Waals surface area contributed by atoms with E-state index in [9.17, 15) is 20.2 Å². The Kier molecular flexibility index (Phi) is 3.52. The normalized spacial score (nSPS) is 10.0. The van der Waals surface area contributed by atoms with Gasteiger partial charge in [-0.1, -0.05) is 30.3 Å². The molecule has 0 aliphatic heterocycles. The monoisotopic (exact) mass is 271 g/mol. The average molecular weight is 271 g/mol. The van der Waals surface area contributed by atoms with Crippen LogP contribution in [0.4, 0.5) is 11.4 Å². The molecule has 0 fully saturated rings. The predicted molar refractivity (Wildman–Crippen MR) is 72.1 cm³/mol. The molecule has 0 saturated heterocycles.